The summed E-state index contributed by atoms with van der Waals surface area (Å²) in [5.74, 6) is 0.366. The van der Waals surface area contributed by atoms with Crippen LogP contribution in [0, 0.1) is 6.92 Å². The van der Waals surface area contributed by atoms with E-state index in [9.17, 15) is 4.79 Å². The molecule has 1 saturated heterocycles. The number of rotatable bonds is 5. The summed E-state index contributed by atoms with van der Waals surface area (Å²) in [5.41, 5.74) is 1.11. The van der Waals surface area contributed by atoms with E-state index in [-0.39, 0.29) is 11.8 Å². The molecule has 7 heteroatoms. The third-order valence-corrected chi connectivity index (χ3v) is 4.50. The van der Waals surface area contributed by atoms with Gasteiger partial charge in [-0.3, -0.25) is 4.90 Å². The molecule has 1 aromatic carbocycles. The van der Waals surface area contributed by atoms with Crippen molar-refractivity contribution in [3.8, 4) is 5.75 Å². The number of hydrogen-bond acceptors (Lipinski definition) is 6. The molecule has 0 aliphatic carbocycles. The summed E-state index contributed by atoms with van der Waals surface area (Å²) in [6.07, 6.45) is 2.06. The van der Waals surface area contributed by atoms with Gasteiger partial charge < -0.3 is 14.7 Å². The van der Waals surface area contributed by atoms with Crippen molar-refractivity contribution in [2.45, 2.75) is 19.6 Å². The minimum absolute atomic E-state index is 0.215. The van der Waals surface area contributed by atoms with Crippen LogP contribution in [-0.2, 0) is 0 Å². The molecule has 0 spiro atoms. The average Bonchev–Trinajstić information content (AvgIpc) is 2.59. The molecule has 134 valence electrons. The highest BCUT2D eigenvalue weighted by Crippen LogP contribution is 2.22. The van der Waals surface area contributed by atoms with E-state index in [0.29, 0.717) is 12.2 Å². The molecule has 1 N–H and O–H groups in total. The lowest BCUT2D eigenvalue weighted by Gasteiger charge is -2.32. The van der Waals surface area contributed by atoms with Gasteiger partial charge in [-0.1, -0.05) is 6.07 Å². The van der Waals surface area contributed by atoms with Gasteiger partial charge in [-0.2, -0.15) is 0 Å². The number of carbonyl (C=O) groups is 1. The molecule has 0 saturated carbocycles. The number of carboxylic acids is 1. The van der Waals surface area contributed by atoms with Crippen molar-refractivity contribution in [1.82, 2.24) is 9.80 Å². The van der Waals surface area contributed by atoms with Crippen molar-refractivity contribution in [2.75, 3.05) is 39.8 Å². The summed E-state index contributed by atoms with van der Waals surface area (Å²) in [5, 5.41) is 9.14. The molecule has 0 radical (unpaired) electrons. The molecular weight excluding hydrogens is 320 g/mol. The summed E-state index contributed by atoms with van der Waals surface area (Å²) < 4.78 is 5.94. The predicted molar refractivity (Wildman–Crippen MR) is 97.0 cm³/mol. The molecule has 25 heavy (non-hydrogen) atoms. The van der Waals surface area contributed by atoms with Crippen LogP contribution in [0.3, 0.4) is 0 Å². The Morgan fingerprint density at radius 2 is 2.08 bits per heavy atom. The number of likely N-dealkylation sites (N-methyl/N-ethyl adjacent to an activating group) is 1. The van der Waals surface area contributed by atoms with Crippen LogP contribution in [0.5, 0.6) is 5.75 Å². The van der Waals surface area contributed by atoms with Gasteiger partial charge in [0, 0.05) is 38.8 Å². The largest absolute Gasteiger partial charge is 0.478 e. The molecule has 0 bridgehead atoms. The first-order valence-electron chi connectivity index (χ1n) is 8.52. The second kappa shape index (κ2) is 7.76. The maximum absolute atomic E-state index is 11.1. The van der Waals surface area contributed by atoms with E-state index in [4.69, 9.17) is 9.84 Å². The monoisotopic (exact) mass is 344 g/mol. The van der Waals surface area contributed by atoms with Crippen molar-refractivity contribution in [1.29, 1.82) is 0 Å². The van der Waals surface area contributed by atoms with Crippen LogP contribution in [-0.4, -0.2) is 78.9 Å². The number of benzene rings is 1. The summed E-state index contributed by atoms with van der Waals surface area (Å²) in [6.45, 7) is 6.74. The van der Waals surface area contributed by atoms with E-state index >= 15 is 0 Å². The molecule has 1 fully saturated rings. The normalized spacial score (nSPS) is 21.8. The number of aliphatic imine (C=N–C) groups is 2. The van der Waals surface area contributed by atoms with E-state index in [1.165, 1.54) is 0 Å². The number of hydrogen-bond donors (Lipinski definition) is 1. The molecule has 1 atom stereocenters. The second-order valence-electron chi connectivity index (χ2n) is 6.53. The summed E-state index contributed by atoms with van der Waals surface area (Å²) >= 11 is 0. The van der Waals surface area contributed by atoms with Crippen molar-refractivity contribution in [3.05, 3.63) is 29.3 Å². The van der Waals surface area contributed by atoms with Gasteiger partial charge in [0.1, 0.15) is 11.6 Å². The number of carboxylic acid groups (broad SMARTS) is 1. The van der Waals surface area contributed by atoms with Crippen molar-refractivity contribution in [3.63, 3.8) is 0 Å². The topological polar surface area (TPSA) is 77.7 Å². The highest BCUT2D eigenvalue weighted by Gasteiger charge is 2.19. The molecule has 0 amide bonds. The van der Waals surface area contributed by atoms with Gasteiger partial charge in [-0.05, 0) is 31.7 Å². The van der Waals surface area contributed by atoms with Gasteiger partial charge in [-0.25, -0.2) is 14.8 Å². The van der Waals surface area contributed by atoms with E-state index < -0.39 is 5.97 Å². The predicted octanol–water partition coefficient (Wildman–Crippen LogP) is 1.52. The molecule has 1 unspecified atom stereocenters. The number of ether oxygens (including phenoxy) is 1. The third-order valence-electron chi connectivity index (χ3n) is 4.50. The number of aryl methyl sites for hydroxylation is 1. The standard InChI is InChI=1S/C18H24N4O3/c1-13-3-4-14(18(23)24)11-15(13)25-17-5-6-19-16(20-17)12-22-9-7-21(2)8-10-22/h3-4,6,11,17H,5,7-10,12H2,1-2H3,(H,23,24). The second-order valence-corrected chi connectivity index (χ2v) is 6.53. The summed E-state index contributed by atoms with van der Waals surface area (Å²) in [6, 6.07) is 4.89. The molecule has 7 nitrogen and oxygen atoms in total. The van der Waals surface area contributed by atoms with Gasteiger partial charge in [-0.15, -0.1) is 0 Å². The number of aromatic carboxylic acids is 1. The number of piperazine rings is 1. The van der Waals surface area contributed by atoms with Crippen LogP contribution in [0.25, 0.3) is 0 Å². The van der Waals surface area contributed by atoms with Gasteiger partial charge in [0.25, 0.3) is 0 Å². The van der Waals surface area contributed by atoms with Crippen molar-refractivity contribution in [2.24, 2.45) is 9.98 Å². The lowest BCUT2D eigenvalue weighted by molar-refractivity contribution is 0.0696. The van der Waals surface area contributed by atoms with Crippen LogP contribution >= 0.6 is 0 Å². The molecule has 2 aliphatic rings. The van der Waals surface area contributed by atoms with Crippen molar-refractivity contribution < 1.29 is 14.6 Å². The Morgan fingerprint density at radius 3 is 2.80 bits per heavy atom. The van der Waals surface area contributed by atoms with E-state index in [2.05, 4.69) is 26.8 Å². The van der Waals surface area contributed by atoms with Crippen LogP contribution in [0.2, 0.25) is 0 Å². The van der Waals surface area contributed by atoms with Gasteiger partial charge >= 0.3 is 5.97 Å². The zero-order chi connectivity index (χ0) is 17.8. The smallest absolute Gasteiger partial charge is 0.335 e. The molecule has 0 aromatic heterocycles. The SMILES string of the molecule is Cc1ccc(C(=O)O)cc1OC1CC=NC(CN2CCN(C)CC2)=N1. The van der Waals surface area contributed by atoms with E-state index in [1.54, 1.807) is 18.2 Å². The van der Waals surface area contributed by atoms with E-state index in [1.807, 2.05) is 13.1 Å². The Hall–Kier alpha value is -2.25. The third kappa shape index (κ3) is 4.64. The fourth-order valence-corrected chi connectivity index (χ4v) is 2.87. The Morgan fingerprint density at radius 1 is 1.32 bits per heavy atom. The number of nitrogens with zero attached hydrogens (tertiary/aromatic N) is 4. The fourth-order valence-electron chi connectivity index (χ4n) is 2.87. The Bertz CT molecular complexity index is 694. The van der Waals surface area contributed by atoms with Gasteiger partial charge in [0.15, 0.2) is 6.23 Å². The van der Waals surface area contributed by atoms with E-state index in [0.717, 1.165) is 44.1 Å². The zero-order valence-corrected chi connectivity index (χ0v) is 14.7. The lowest BCUT2D eigenvalue weighted by atomic mass is 10.1. The molecule has 1 aromatic rings. The minimum Gasteiger partial charge on any atom is -0.478 e. The summed E-state index contributed by atoms with van der Waals surface area (Å²) in [4.78, 5) is 24.8. The summed E-state index contributed by atoms with van der Waals surface area (Å²) in [7, 11) is 2.13. The van der Waals surface area contributed by atoms with Crippen molar-refractivity contribution >= 4 is 18.0 Å². The molecule has 2 aliphatic heterocycles. The Balaban J connectivity index is 1.65. The van der Waals surface area contributed by atoms with Crippen LogP contribution < -0.4 is 4.74 Å². The zero-order valence-electron chi connectivity index (χ0n) is 14.7. The maximum atomic E-state index is 11.1. The van der Waals surface area contributed by atoms with Crippen LogP contribution in [0.4, 0.5) is 0 Å². The van der Waals surface area contributed by atoms with Gasteiger partial charge in [0.05, 0.1) is 12.1 Å². The average molecular weight is 344 g/mol. The maximum Gasteiger partial charge on any atom is 0.335 e. The first kappa shape index (κ1) is 17.6. The highest BCUT2D eigenvalue weighted by atomic mass is 16.5. The molecular formula is C18H24N4O3. The van der Waals surface area contributed by atoms with Gasteiger partial charge in [0.2, 0.25) is 0 Å². The minimum atomic E-state index is -0.964. The highest BCUT2D eigenvalue weighted by molar-refractivity contribution is 5.92. The number of amidine groups is 1. The quantitative estimate of drug-likeness (QED) is 0.876. The Labute approximate surface area is 147 Å². The van der Waals surface area contributed by atoms with Crippen LogP contribution in [0.15, 0.2) is 28.2 Å². The van der Waals surface area contributed by atoms with Crippen LogP contribution in [0.1, 0.15) is 22.3 Å². The Kier molecular flexibility index (Phi) is 5.45. The lowest BCUT2D eigenvalue weighted by Crippen LogP contribution is -2.46. The fraction of sp³-hybridized carbons (Fsp3) is 0.500. The molecule has 2 heterocycles. The molecule has 3 rings (SSSR count). The first-order chi connectivity index (χ1) is 12.0. The first-order valence-corrected chi connectivity index (χ1v) is 8.52.